The van der Waals surface area contributed by atoms with Crippen molar-refractivity contribution in [3.8, 4) is 0 Å². The van der Waals surface area contributed by atoms with E-state index in [4.69, 9.17) is 5.73 Å². The summed E-state index contributed by atoms with van der Waals surface area (Å²) in [5, 5.41) is 4.51. The van der Waals surface area contributed by atoms with Crippen molar-refractivity contribution in [2.24, 2.45) is 12.8 Å². The van der Waals surface area contributed by atoms with Crippen LogP contribution >= 0.6 is 11.8 Å². The summed E-state index contributed by atoms with van der Waals surface area (Å²) in [6.45, 7) is 0.642. The number of nitrogens with zero attached hydrogens (tertiary/aromatic N) is 2. The maximum absolute atomic E-state index is 5.82. The molecule has 1 aromatic carbocycles. The van der Waals surface area contributed by atoms with Crippen molar-refractivity contribution in [2.75, 3.05) is 6.54 Å². The van der Waals surface area contributed by atoms with Gasteiger partial charge >= 0.3 is 0 Å². The van der Waals surface area contributed by atoms with Crippen LogP contribution in [0.25, 0.3) is 0 Å². The van der Waals surface area contributed by atoms with E-state index >= 15 is 0 Å². The molecular formula is C13H17N3S. The fourth-order valence-corrected chi connectivity index (χ4v) is 2.71. The van der Waals surface area contributed by atoms with E-state index in [2.05, 4.69) is 29.4 Å². The fraction of sp³-hybridized carbons (Fsp3) is 0.308. The molecule has 3 nitrogen and oxygen atoms in total. The molecule has 0 saturated heterocycles. The van der Waals surface area contributed by atoms with Crippen LogP contribution in [-0.4, -0.2) is 16.3 Å². The zero-order valence-corrected chi connectivity index (χ0v) is 10.7. The SMILES string of the molecule is Cn1cc(C(CN)SCc2ccccc2)cn1. The first-order valence-corrected chi connectivity index (χ1v) is 6.68. The standard InChI is InChI=1S/C13H17N3S/c1-16-9-12(8-15-16)13(7-14)17-10-11-5-3-2-4-6-11/h2-6,8-9,13H,7,10,14H2,1H3. The minimum absolute atomic E-state index is 0.323. The number of rotatable bonds is 5. The summed E-state index contributed by atoms with van der Waals surface area (Å²) in [5.74, 6) is 0.984. The molecule has 2 N–H and O–H groups in total. The van der Waals surface area contributed by atoms with Crippen molar-refractivity contribution in [2.45, 2.75) is 11.0 Å². The lowest BCUT2D eigenvalue weighted by Crippen LogP contribution is -2.09. The van der Waals surface area contributed by atoms with Gasteiger partial charge in [0.15, 0.2) is 0 Å². The third kappa shape index (κ3) is 3.35. The van der Waals surface area contributed by atoms with Crippen LogP contribution in [0.5, 0.6) is 0 Å². The van der Waals surface area contributed by atoms with Crippen molar-refractivity contribution in [1.29, 1.82) is 0 Å². The van der Waals surface area contributed by atoms with Crippen LogP contribution in [0.2, 0.25) is 0 Å². The molecule has 0 amide bonds. The van der Waals surface area contributed by atoms with Gasteiger partial charge in [-0.05, 0) is 5.56 Å². The summed E-state index contributed by atoms with van der Waals surface area (Å²) in [4.78, 5) is 0. The van der Waals surface area contributed by atoms with Gasteiger partial charge in [0, 0.05) is 36.4 Å². The van der Waals surface area contributed by atoms with E-state index in [1.54, 1.807) is 0 Å². The fourth-order valence-electron chi connectivity index (χ4n) is 1.68. The summed E-state index contributed by atoms with van der Waals surface area (Å²) in [6, 6.07) is 10.5. The number of hydrogen-bond acceptors (Lipinski definition) is 3. The Kier molecular flexibility index (Phi) is 4.23. The lowest BCUT2D eigenvalue weighted by atomic mass is 10.2. The Labute approximate surface area is 106 Å². The average molecular weight is 247 g/mol. The number of nitrogens with two attached hydrogens (primary N) is 1. The van der Waals surface area contributed by atoms with Gasteiger partial charge in [-0.2, -0.15) is 5.10 Å². The molecule has 1 atom stereocenters. The van der Waals surface area contributed by atoms with Gasteiger partial charge in [0.1, 0.15) is 0 Å². The molecule has 0 aliphatic carbocycles. The van der Waals surface area contributed by atoms with E-state index < -0.39 is 0 Å². The second-order valence-electron chi connectivity index (χ2n) is 3.97. The van der Waals surface area contributed by atoms with Crippen LogP contribution < -0.4 is 5.73 Å². The van der Waals surface area contributed by atoms with Gasteiger partial charge in [-0.1, -0.05) is 30.3 Å². The first kappa shape index (κ1) is 12.2. The van der Waals surface area contributed by atoms with E-state index in [-0.39, 0.29) is 0 Å². The summed E-state index contributed by atoms with van der Waals surface area (Å²) >= 11 is 1.86. The molecule has 2 aromatic rings. The summed E-state index contributed by atoms with van der Waals surface area (Å²) in [5.41, 5.74) is 8.36. The van der Waals surface area contributed by atoms with Crippen LogP contribution in [0, 0.1) is 0 Å². The molecule has 0 aliphatic rings. The summed E-state index contributed by atoms with van der Waals surface area (Å²) < 4.78 is 1.82. The van der Waals surface area contributed by atoms with Crippen LogP contribution in [-0.2, 0) is 12.8 Å². The molecule has 1 unspecified atom stereocenters. The molecule has 4 heteroatoms. The highest BCUT2D eigenvalue weighted by Crippen LogP contribution is 2.30. The van der Waals surface area contributed by atoms with E-state index in [0.29, 0.717) is 11.8 Å². The van der Waals surface area contributed by atoms with Crippen LogP contribution in [0.3, 0.4) is 0 Å². The Hall–Kier alpha value is -1.26. The summed E-state index contributed by atoms with van der Waals surface area (Å²) in [6.07, 6.45) is 3.94. The Bertz CT molecular complexity index is 453. The van der Waals surface area contributed by atoms with Gasteiger partial charge in [0.2, 0.25) is 0 Å². The number of thioether (sulfide) groups is 1. The van der Waals surface area contributed by atoms with E-state index in [0.717, 1.165) is 5.75 Å². The topological polar surface area (TPSA) is 43.8 Å². The Morgan fingerprint density at radius 2 is 2.12 bits per heavy atom. The van der Waals surface area contributed by atoms with Crippen molar-refractivity contribution in [3.63, 3.8) is 0 Å². The van der Waals surface area contributed by atoms with Gasteiger partial charge in [-0.25, -0.2) is 0 Å². The highest BCUT2D eigenvalue weighted by Gasteiger charge is 2.11. The predicted molar refractivity (Wildman–Crippen MR) is 72.7 cm³/mol. The molecule has 0 aliphatic heterocycles. The normalized spacial score (nSPS) is 12.6. The molecule has 17 heavy (non-hydrogen) atoms. The number of aryl methyl sites for hydroxylation is 1. The molecule has 0 saturated carbocycles. The van der Waals surface area contributed by atoms with E-state index in [9.17, 15) is 0 Å². The molecule has 0 spiro atoms. The zero-order valence-electron chi connectivity index (χ0n) is 9.91. The predicted octanol–water partition coefficient (Wildman–Crippen LogP) is 2.35. The average Bonchev–Trinajstić information content (AvgIpc) is 2.78. The van der Waals surface area contributed by atoms with E-state index in [1.807, 2.05) is 42.0 Å². The lowest BCUT2D eigenvalue weighted by molar-refractivity contribution is 0.766. The lowest BCUT2D eigenvalue weighted by Gasteiger charge is -2.12. The highest BCUT2D eigenvalue weighted by molar-refractivity contribution is 7.98. The molecule has 0 radical (unpaired) electrons. The molecule has 1 aromatic heterocycles. The van der Waals surface area contributed by atoms with E-state index in [1.165, 1.54) is 11.1 Å². The van der Waals surface area contributed by atoms with Crippen LogP contribution in [0.4, 0.5) is 0 Å². The van der Waals surface area contributed by atoms with Gasteiger partial charge in [-0.3, -0.25) is 4.68 Å². The van der Waals surface area contributed by atoms with Crippen molar-refractivity contribution < 1.29 is 0 Å². The summed E-state index contributed by atoms with van der Waals surface area (Å²) in [7, 11) is 1.93. The molecule has 90 valence electrons. The first-order valence-electron chi connectivity index (χ1n) is 5.63. The van der Waals surface area contributed by atoms with Crippen molar-refractivity contribution >= 4 is 11.8 Å². The Balaban J connectivity index is 1.97. The minimum atomic E-state index is 0.323. The van der Waals surface area contributed by atoms with Crippen LogP contribution in [0.15, 0.2) is 42.7 Å². The maximum atomic E-state index is 5.82. The number of benzene rings is 1. The van der Waals surface area contributed by atoms with Gasteiger partial charge in [0.05, 0.1) is 6.20 Å². The van der Waals surface area contributed by atoms with Gasteiger partial charge < -0.3 is 5.73 Å². The molecular weight excluding hydrogens is 230 g/mol. The minimum Gasteiger partial charge on any atom is -0.329 e. The smallest absolute Gasteiger partial charge is 0.0533 e. The van der Waals surface area contributed by atoms with Gasteiger partial charge in [-0.15, -0.1) is 11.8 Å². The second kappa shape index (κ2) is 5.89. The monoisotopic (exact) mass is 247 g/mol. The van der Waals surface area contributed by atoms with Crippen molar-refractivity contribution in [1.82, 2.24) is 9.78 Å². The van der Waals surface area contributed by atoms with Crippen molar-refractivity contribution in [3.05, 3.63) is 53.9 Å². The molecule has 2 rings (SSSR count). The van der Waals surface area contributed by atoms with Gasteiger partial charge in [0.25, 0.3) is 0 Å². The highest BCUT2D eigenvalue weighted by atomic mass is 32.2. The molecule has 1 heterocycles. The largest absolute Gasteiger partial charge is 0.329 e. The molecule has 0 bridgehead atoms. The quantitative estimate of drug-likeness (QED) is 0.882. The number of hydrogen-bond donors (Lipinski definition) is 1. The first-order chi connectivity index (χ1) is 8.29. The zero-order chi connectivity index (χ0) is 12.1. The third-order valence-corrected chi connectivity index (χ3v) is 3.97. The number of aromatic nitrogens is 2. The second-order valence-corrected chi connectivity index (χ2v) is 5.16. The third-order valence-electron chi connectivity index (χ3n) is 2.60. The maximum Gasteiger partial charge on any atom is 0.0533 e. The molecule has 0 fully saturated rings. The Morgan fingerprint density at radius 3 is 2.71 bits per heavy atom. The Morgan fingerprint density at radius 1 is 1.35 bits per heavy atom. The van der Waals surface area contributed by atoms with Crippen LogP contribution in [0.1, 0.15) is 16.4 Å².